The van der Waals surface area contributed by atoms with Crippen LogP contribution in [-0.4, -0.2) is 11.5 Å². The van der Waals surface area contributed by atoms with E-state index < -0.39 is 0 Å². The average Bonchev–Trinajstić information content (AvgIpc) is 2.38. The van der Waals surface area contributed by atoms with Gasteiger partial charge in [0.05, 0.1) is 0 Å². The van der Waals surface area contributed by atoms with Gasteiger partial charge in [-0.1, -0.05) is 35.9 Å². The normalized spacial score (nSPS) is 14.5. The van der Waals surface area contributed by atoms with E-state index in [1.165, 1.54) is 11.1 Å². The topological polar surface area (TPSA) is 16.1 Å². The Bertz CT molecular complexity index is 539. The van der Waals surface area contributed by atoms with Crippen molar-refractivity contribution in [1.82, 2.24) is 4.98 Å². The molecule has 1 aliphatic rings. The van der Waals surface area contributed by atoms with Crippen LogP contribution in [0.2, 0.25) is 5.15 Å². The summed E-state index contributed by atoms with van der Waals surface area (Å²) >= 11 is 5.93. The standard InChI is InChI=1S/C14H13ClN2/c15-14-9-13(5-7-16-14)17-8-6-11-3-1-2-4-12(11)10-17/h1-5,7,9H,6,8,10H2. The molecule has 0 fully saturated rings. The van der Waals surface area contributed by atoms with Crippen LogP contribution in [0.3, 0.4) is 0 Å². The van der Waals surface area contributed by atoms with Gasteiger partial charge in [-0.25, -0.2) is 4.98 Å². The molecule has 1 aromatic carbocycles. The molecule has 86 valence electrons. The van der Waals surface area contributed by atoms with E-state index in [-0.39, 0.29) is 0 Å². The molecule has 0 amide bonds. The van der Waals surface area contributed by atoms with Crippen molar-refractivity contribution in [3.8, 4) is 0 Å². The maximum atomic E-state index is 5.93. The minimum atomic E-state index is 0.557. The van der Waals surface area contributed by atoms with Gasteiger partial charge in [0, 0.05) is 25.0 Å². The quantitative estimate of drug-likeness (QED) is 0.716. The highest BCUT2D eigenvalue weighted by Crippen LogP contribution is 2.25. The summed E-state index contributed by atoms with van der Waals surface area (Å²) in [5.41, 5.74) is 4.02. The van der Waals surface area contributed by atoms with Crippen LogP contribution in [0, 0.1) is 0 Å². The Labute approximate surface area is 106 Å². The lowest BCUT2D eigenvalue weighted by atomic mass is 10.00. The second kappa shape index (κ2) is 4.38. The predicted octanol–water partition coefficient (Wildman–Crippen LogP) is 3.30. The molecule has 0 unspecified atom stereocenters. The van der Waals surface area contributed by atoms with Crippen molar-refractivity contribution in [2.45, 2.75) is 13.0 Å². The van der Waals surface area contributed by atoms with E-state index in [1.54, 1.807) is 6.20 Å². The number of rotatable bonds is 1. The smallest absolute Gasteiger partial charge is 0.131 e. The maximum absolute atomic E-state index is 5.93. The first-order chi connectivity index (χ1) is 8.33. The van der Waals surface area contributed by atoms with E-state index in [4.69, 9.17) is 11.6 Å². The minimum absolute atomic E-state index is 0.557. The molecule has 0 aliphatic carbocycles. The number of hydrogen-bond donors (Lipinski definition) is 0. The second-order valence-electron chi connectivity index (χ2n) is 4.28. The molecule has 0 atom stereocenters. The van der Waals surface area contributed by atoms with Crippen molar-refractivity contribution in [3.05, 3.63) is 58.9 Å². The number of fused-ring (bicyclic) bond motifs is 1. The molecule has 0 N–H and O–H groups in total. The summed E-state index contributed by atoms with van der Waals surface area (Å²) in [6.45, 7) is 1.99. The summed E-state index contributed by atoms with van der Waals surface area (Å²) in [7, 11) is 0. The molecule has 1 aliphatic heterocycles. The van der Waals surface area contributed by atoms with Crippen molar-refractivity contribution in [2.75, 3.05) is 11.4 Å². The van der Waals surface area contributed by atoms with Crippen molar-refractivity contribution < 1.29 is 0 Å². The molecule has 2 aromatic rings. The second-order valence-corrected chi connectivity index (χ2v) is 4.66. The summed E-state index contributed by atoms with van der Waals surface area (Å²) in [6.07, 6.45) is 2.86. The number of aromatic nitrogens is 1. The van der Waals surface area contributed by atoms with Gasteiger partial charge in [0.2, 0.25) is 0 Å². The van der Waals surface area contributed by atoms with Gasteiger partial charge in [-0.15, -0.1) is 0 Å². The van der Waals surface area contributed by atoms with Gasteiger partial charge in [-0.3, -0.25) is 0 Å². The number of benzene rings is 1. The molecule has 0 spiro atoms. The minimum Gasteiger partial charge on any atom is -0.367 e. The highest BCUT2D eigenvalue weighted by atomic mass is 35.5. The summed E-state index contributed by atoms with van der Waals surface area (Å²) in [6, 6.07) is 12.6. The molecule has 0 saturated heterocycles. The number of anilines is 1. The van der Waals surface area contributed by atoms with Crippen LogP contribution < -0.4 is 4.90 Å². The van der Waals surface area contributed by atoms with Crippen molar-refractivity contribution in [2.24, 2.45) is 0 Å². The Kier molecular flexibility index (Phi) is 2.73. The number of pyridine rings is 1. The van der Waals surface area contributed by atoms with Gasteiger partial charge in [0.25, 0.3) is 0 Å². The molecule has 0 radical (unpaired) electrons. The highest BCUT2D eigenvalue weighted by molar-refractivity contribution is 6.29. The third-order valence-electron chi connectivity index (χ3n) is 3.21. The molecular weight excluding hydrogens is 232 g/mol. The van der Waals surface area contributed by atoms with E-state index in [0.717, 1.165) is 25.2 Å². The van der Waals surface area contributed by atoms with Gasteiger partial charge in [-0.2, -0.15) is 0 Å². The van der Waals surface area contributed by atoms with Crippen molar-refractivity contribution in [3.63, 3.8) is 0 Å². The van der Waals surface area contributed by atoms with Gasteiger partial charge in [0.1, 0.15) is 5.15 Å². The lowest BCUT2D eigenvalue weighted by Crippen LogP contribution is -2.30. The first-order valence-corrected chi connectivity index (χ1v) is 6.14. The molecule has 2 heterocycles. The van der Waals surface area contributed by atoms with Crippen LogP contribution in [0.25, 0.3) is 0 Å². The number of nitrogens with zero attached hydrogens (tertiary/aromatic N) is 2. The molecular formula is C14H13ClN2. The third-order valence-corrected chi connectivity index (χ3v) is 3.41. The maximum Gasteiger partial charge on any atom is 0.131 e. The highest BCUT2D eigenvalue weighted by Gasteiger charge is 2.15. The molecule has 0 saturated carbocycles. The number of hydrogen-bond acceptors (Lipinski definition) is 2. The monoisotopic (exact) mass is 244 g/mol. The van der Waals surface area contributed by atoms with E-state index in [1.807, 2.05) is 12.1 Å². The fraction of sp³-hybridized carbons (Fsp3) is 0.214. The van der Waals surface area contributed by atoms with Gasteiger partial charge >= 0.3 is 0 Å². The molecule has 17 heavy (non-hydrogen) atoms. The molecule has 0 bridgehead atoms. The Morgan fingerprint density at radius 2 is 1.94 bits per heavy atom. The Hall–Kier alpha value is -1.54. The lowest BCUT2D eigenvalue weighted by Gasteiger charge is -2.30. The summed E-state index contributed by atoms with van der Waals surface area (Å²) in [4.78, 5) is 6.36. The molecule has 3 rings (SSSR count). The van der Waals surface area contributed by atoms with E-state index >= 15 is 0 Å². The van der Waals surface area contributed by atoms with Crippen molar-refractivity contribution in [1.29, 1.82) is 0 Å². The summed E-state index contributed by atoms with van der Waals surface area (Å²) in [5, 5.41) is 0.557. The van der Waals surface area contributed by atoms with Crippen LogP contribution in [0.5, 0.6) is 0 Å². The molecule has 3 heteroatoms. The fourth-order valence-electron chi connectivity index (χ4n) is 2.31. The van der Waals surface area contributed by atoms with Gasteiger partial charge in [-0.05, 0) is 29.7 Å². The Morgan fingerprint density at radius 1 is 1.12 bits per heavy atom. The van der Waals surface area contributed by atoms with E-state index in [2.05, 4.69) is 34.1 Å². The van der Waals surface area contributed by atoms with E-state index in [0.29, 0.717) is 5.15 Å². The fourth-order valence-corrected chi connectivity index (χ4v) is 2.47. The first kappa shape index (κ1) is 10.6. The van der Waals surface area contributed by atoms with E-state index in [9.17, 15) is 0 Å². The number of halogens is 1. The Balaban J connectivity index is 1.89. The molecule has 1 aromatic heterocycles. The SMILES string of the molecule is Clc1cc(N2CCc3ccccc3C2)ccn1. The largest absolute Gasteiger partial charge is 0.367 e. The van der Waals surface area contributed by atoms with Gasteiger partial charge < -0.3 is 4.90 Å². The van der Waals surface area contributed by atoms with Crippen LogP contribution in [0.4, 0.5) is 5.69 Å². The van der Waals surface area contributed by atoms with Crippen LogP contribution in [0.15, 0.2) is 42.6 Å². The average molecular weight is 245 g/mol. The first-order valence-electron chi connectivity index (χ1n) is 5.76. The summed E-state index contributed by atoms with van der Waals surface area (Å²) < 4.78 is 0. The predicted molar refractivity (Wildman–Crippen MR) is 70.4 cm³/mol. The van der Waals surface area contributed by atoms with Crippen LogP contribution in [-0.2, 0) is 13.0 Å². The Morgan fingerprint density at radius 3 is 2.76 bits per heavy atom. The van der Waals surface area contributed by atoms with Crippen LogP contribution in [0.1, 0.15) is 11.1 Å². The zero-order valence-corrected chi connectivity index (χ0v) is 10.2. The van der Waals surface area contributed by atoms with Crippen LogP contribution >= 0.6 is 11.6 Å². The molecule has 2 nitrogen and oxygen atoms in total. The van der Waals surface area contributed by atoms with Gasteiger partial charge in [0.15, 0.2) is 0 Å². The lowest BCUT2D eigenvalue weighted by molar-refractivity contribution is 0.731. The zero-order chi connectivity index (χ0) is 11.7. The third kappa shape index (κ3) is 2.13. The zero-order valence-electron chi connectivity index (χ0n) is 9.44. The summed E-state index contributed by atoms with van der Waals surface area (Å²) in [5.74, 6) is 0. The van der Waals surface area contributed by atoms with Crippen molar-refractivity contribution >= 4 is 17.3 Å².